The Bertz CT molecular complexity index is 488. The molecule has 3 nitrogen and oxygen atoms in total. The second-order valence-corrected chi connectivity index (χ2v) is 4.81. The predicted octanol–water partition coefficient (Wildman–Crippen LogP) is 3.13. The van der Waals surface area contributed by atoms with Crippen LogP contribution in [0.1, 0.15) is 26.3 Å². The number of ether oxygens (including phenoxy) is 1. The molecule has 0 spiro atoms. The molecule has 0 aromatic carbocycles. The van der Waals surface area contributed by atoms with Gasteiger partial charge in [-0.1, -0.05) is 0 Å². The maximum Gasteiger partial charge on any atom is 0.316 e. The number of fused-ring (bicyclic) bond motifs is 2. The summed E-state index contributed by atoms with van der Waals surface area (Å²) in [5.41, 5.74) is 1.99. The van der Waals surface area contributed by atoms with Gasteiger partial charge in [0, 0.05) is 6.07 Å². The molecule has 3 heteroatoms. The fourth-order valence-corrected chi connectivity index (χ4v) is 1.28. The van der Waals surface area contributed by atoms with Gasteiger partial charge >= 0.3 is 5.97 Å². The van der Waals surface area contributed by atoms with Crippen molar-refractivity contribution in [3.05, 3.63) is 17.7 Å². The van der Waals surface area contributed by atoms with Crippen LogP contribution in [0.3, 0.4) is 0 Å². The highest BCUT2D eigenvalue weighted by molar-refractivity contribution is 5.82. The number of carbonyl (C=O) groups is 1. The SMILES string of the molecule is Cc1cc2oc1cc2OC(=O)C(C)(C)C. The number of benzene rings is 1. The normalized spacial score (nSPS) is 12.3. The Morgan fingerprint density at radius 2 is 1.93 bits per heavy atom. The van der Waals surface area contributed by atoms with E-state index >= 15 is 0 Å². The summed E-state index contributed by atoms with van der Waals surface area (Å²) in [6, 6.07) is 3.63. The average molecular weight is 206 g/mol. The molecule has 0 aliphatic carbocycles. The van der Waals surface area contributed by atoms with E-state index < -0.39 is 5.41 Å². The summed E-state index contributed by atoms with van der Waals surface area (Å²) in [5, 5.41) is 0. The minimum Gasteiger partial charge on any atom is -0.453 e. The van der Waals surface area contributed by atoms with Gasteiger partial charge in [0.25, 0.3) is 0 Å². The molecule has 80 valence electrons. The third-order valence-corrected chi connectivity index (χ3v) is 2.28. The minimum absolute atomic E-state index is 0.246. The largest absolute Gasteiger partial charge is 0.453 e. The van der Waals surface area contributed by atoms with Crippen molar-refractivity contribution >= 4 is 17.1 Å². The van der Waals surface area contributed by atoms with Crippen LogP contribution in [0, 0.1) is 12.3 Å². The fourth-order valence-electron chi connectivity index (χ4n) is 1.28. The van der Waals surface area contributed by atoms with Gasteiger partial charge in [0.05, 0.1) is 5.41 Å². The highest BCUT2D eigenvalue weighted by atomic mass is 16.5. The molecular formula is C12H14O3. The van der Waals surface area contributed by atoms with Gasteiger partial charge in [0.1, 0.15) is 5.58 Å². The Hall–Kier alpha value is -1.51. The molecule has 2 rings (SSSR count). The molecule has 2 aromatic heterocycles. The van der Waals surface area contributed by atoms with E-state index in [1.165, 1.54) is 0 Å². The van der Waals surface area contributed by atoms with Crippen molar-refractivity contribution in [1.82, 2.24) is 0 Å². The first-order valence-electron chi connectivity index (χ1n) is 4.93. The number of aryl methyl sites for hydroxylation is 1. The molecule has 0 radical (unpaired) electrons. The lowest BCUT2D eigenvalue weighted by atomic mass is 9.97. The van der Waals surface area contributed by atoms with Crippen LogP contribution >= 0.6 is 0 Å². The van der Waals surface area contributed by atoms with Crippen LogP contribution < -0.4 is 4.74 Å². The van der Waals surface area contributed by atoms with Crippen molar-refractivity contribution in [2.45, 2.75) is 27.7 Å². The molecule has 0 aliphatic heterocycles. The van der Waals surface area contributed by atoms with E-state index in [1.54, 1.807) is 6.07 Å². The fraction of sp³-hybridized carbons (Fsp3) is 0.417. The molecule has 0 saturated heterocycles. The topological polar surface area (TPSA) is 39.4 Å². The lowest BCUT2D eigenvalue weighted by Crippen LogP contribution is -2.25. The monoisotopic (exact) mass is 206 g/mol. The highest BCUT2D eigenvalue weighted by Crippen LogP contribution is 2.33. The number of hydrogen-bond acceptors (Lipinski definition) is 3. The highest BCUT2D eigenvalue weighted by Gasteiger charge is 2.25. The van der Waals surface area contributed by atoms with Crippen LogP contribution in [0.15, 0.2) is 16.5 Å². The van der Waals surface area contributed by atoms with Gasteiger partial charge in [-0.2, -0.15) is 0 Å². The molecule has 0 amide bonds. The molecule has 2 bridgehead atoms. The number of hydrogen-bond donors (Lipinski definition) is 0. The quantitative estimate of drug-likeness (QED) is 0.531. The van der Waals surface area contributed by atoms with Crippen molar-refractivity contribution in [3.63, 3.8) is 0 Å². The summed E-state index contributed by atoms with van der Waals surface area (Å²) in [6.45, 7) is 7.43. The minimum atomic E-state index is -0.493. The molecule has 2 heterocycles. The zero-order valence-corrected chi connectivity index (χ0v) is 9.38. The predicted molar refractivity (Wildman–Crippen MR) is 57.2 cm³/mol. The first-order chi connectivity index (χ1) is 6.88. The summed E-state index contributed by atoms with van der Waals surface area (Å²) in [4.78, 5) is 11.6. The van der Waals surface area contributed by atoms with Gasteiger partial charge in [0.2, 0.25) is 0 Å². The summed E-state index contributed by atoms with van der Waals surface area (Å²) in [6.07, 6.45) is 0. The molecule has 0 atom stereocenters. The number of esters is 1. The molecule has 0 N–H and O–H groups in total. The summed E-state index contributed by atoms with van der Waals surface area (Å²) >= 11 is 0. The maximum atomic E-state index is 11.6. The van der Waals surface area contributed by atoms with Crippen molar-refractivity contribution in [3.8, 4) is 5.75 Å². The van der Waals surface area contributed by atoms with E-state index in [-0.39, 0.29) is 5.97 Å². The van der Waals surface area contributed by atoms with Gasteiger partial charge in [0.15, 0.2) is 11.3 Å². The van der Waals surface area contributed by atoms with E-state index in [0.29, 0.717) is 11.3 Å². The van der Waals surface area contributed by atoms with E-state index in [0.717, 1.165) is 11.1 Å². The Morgan fingerprint density at radius 3 is 2.33 bits per heavy atom. The van der Waals surface area contributed by atoms with Crippen LogP contribution in [0.4, 0.5) is 0 Å². The Labute approximate surface area is 88.4 Å². The molecule has 0 saturated carbocycles. The number of carbonyl (C=O) groups excluding carboxylic acids is 1. The van der Waals surface area contributed by atoms with Gasteiger partial charge in [-0.3, -0.25) is 4.79 Å². The van der Waals surface area contributed by atoms with Crippen LogP contribution in [-0.4, -0.2) is 5.97 Å². The molecule has 0 aliphatic rings. The smallest absolute Gasteiger partial charge is 0.316 e. The van der Waals surface area contributed by atoms with E-state index in [4.69, 9.17) is 9.15 Å². The molecule has 0 unspecified atom stereocenters. The average Bonchev–Trinajstić information content (AvgIpc) is 2.61. The first-order valence-corrected chi connectivity index (χ1v) is 4.93. The lowest BCUT2D eigenvalue weighted by Gasteiger charge is -2.15. The van der Waals surface area contributed by atoms with E-state index in [9.17, 15) is 4.79 Å². The lowest BCUT2D eigenvalue weighted by molar-refractivity contribution is -0.142. The second-order valence-electron chi connectivity index (χ2n) is 4.81. The summed E-state index contributed by atoms with van der Waals surface area (Å²) in [7, 11) is 0. The maximum absolute atomic E-state index is 11.6. The van der Waals surface area contributed by atoms with Crippen molar-refractivity contribution in [2.75, 3.05) is 0 Å². The Morgan fingerprint density at radius 1 is 1.27 bits per heavy atom. The van der Waals surface area contributed by atoms with Crippen LogP contribution in [0.5, 0.6) is 5.75 Å². The van der Waals surface area contributed by atoms with Crippen molar-refractivity contribution in [1.29, 1.82) is 0 Å². The number of rotatable bonds is 1. The molecular weight excluding hydrogens is 192 g/mol. The zero-order chi connectivity index (χ0) is 11.2. The van der Waals surface area contributed by atoms with Crippen LogP contribution in [0.2, 0.25) is 0 Å². The van der Waals surface area contributed by atoms with Gasteiger partial charge < -0.3 is 9.15 Å². The van der Waals surface area contributed by atoms with Crippen molar-refractivity contribution in [2.24, 2.45) is 5.41 Å². The van der Waals surface area contributed by atoms with Gasteiger partial charge in [-0.05, 0) is 39.3 Å². The zero-order valence-electron chi connectivity index (χ0n) is 9.38. The van der Waals surface area contributed by atoms with E-state index in [2.05, 4.69) is 0 Å². The molecule has 0 fully saturated rings. The van der Waals surface area contributed by atoms with Crippen molar-refractivity contribution < 1.29 is 13.9 Å². The van der Waals surface area contributed by atoms with Gasteiger partial charge in [-0.25, -0.2) is 0 Å². The van der Waals surface area contributed by atoms with E-state index in [1.807, 2.05) is 33.8 Å². The van der Waals surface area contributed by atoms with Crippen LogP contribution in [0.25, 0.3) is 11.2 Å². The Balaban J connectivity index is 2.23. The third-order valence-electron chi connectivity index (χ3n) is 2.28. The van der Waals surface area contributed by atoms with Crippen LogP contribution in [-0.2, 0) is 4.79 Å². The summed E-state index contributed by atoms with van der Waals surface area (Å²) in [5.74, 6) is 0.277. The molecule has 2 aromatic rings. The Kier molecular flexibility index (Phi) is 2.00. The molecule has 15 heavy (non-hydrogen) atoms. The first kappa shape index (κ1) is 10.0. The third kappa shape index (κ3) is 1.69. The van der Waals surface area contributed by atoms with Gasteiger partial charge in [-0.15, -0.1) is 0 Å². The number of furan rings is 2. The second kappa shape index (κ2) is 2.99. The summed E-state index contributed by atoms with van der Waals surface area (Å²) < 4.78 is 10.6. The standard InChI is InChI=1S/C12H14O3/c1-7-5-9-10(6-8(7)14-9)15-11(13)12(2,3)4/h5-6H,1-4H3.